The molecule has 1 aromatic carbocycles. The van der Waals surface area contributed by atoms with Crippen LogP contribution in [0.25, 0.3) is 16.7 Å². The lowest BCUT2D eigenvalue weighted by Gasteiger charge is -2.03. The topological polar surface area (TPSA) is 55.1 Å². The number of carboxylic acids is 1. The van der Waals surface area contributed by atoms with E-state index in [0.717, 1.165) is 22.3 Å². The SMILES string of the molecule is O=C(O)Cc1cn(-c2ccccn2)c2ccc(Cl)cc12. The van der Waals surface area contributed by atoms with Gasteiger partial charge < -0.3 is 9.67 Å². The van der Waals surface area contributed by atoms with Crippen LogP contribution in [0, 0.1) is 0 Å². The molecule has 3 aromatic rings. The third-order valence-electron chi connectivity index (χ3n) is 3.09. The van der Waals surface area contributed by atoms with Crippen LogP contribution in [0.1, 0.15) is 5.56 Å². The molecule has 5 heteroatoms. The van der Waals surface area contributed by atoms with E-state index in [2.05, 4.69) is 4.98 Å². The fourth-order valence-corrected chi connectivity index (χ4v) is 2.43. The third-order valence-corrected chi connectivity index (χ3v) is 3.32. The molecule has 100 valence electrons. The molecule has 20 heavy (non-hydrogen) atoms. The molecule has 0 saturated carbocycles. The number of aromatic nitrogens is 2. The number of hydrogen-bond donors (Lipinski definition) is 1. The summed E-state index contributed by atoms with van der Waals surface area (Å²) in [5.74, 6) is -0.124. The number of benzene rings is 1. The van der Waals surface area contributed by atoms with Gasteiger partial charge in [0, 0.05) is 22.8 Å². The zero-order chi connectivity index (χ0) is 14.1. The Kier molecular flexibility index (Phi) is 3.16. The third kappa shape index (κ3) is 2.26. The highest BCUT2D eigenvalue weighted by atomic mass is 35.5. The van der Waals surface area contributed by atoms with E-state index in [1.54, 1.807) is 24.5 Å². The van der Waals surface area contributed by atoms with E-state index < -0.39 is 5.97 Å². The number of nitrogens with zero attached hydrogens (tertiary/aromatic N) is 2. The number of carboxylic acid groups (broad SMARTS) is 1. The summed E-state index contributed by atoms with van der Waals surface area (Å²) >= 11 is 6.01. The maximum Gasteiger partial charge on any atom is 0.307 e. The highest BCUT2D eigenvalue weighted by Gasteiger charge is 2.13. The fraction of sp³-hybridized carbons (Fsp3) is 0.0667. The Morgan fingerprint density at radius 2 is 2.15 bits per heavy atom. The first-order valence-electron chi connectivity index (χ1n) is 6.08. The van der Waals surface area contributed by atoms with Gasteiger partial charge in [0.2, 0.25) is 0 Å². The quantitative estimate of drug-likeness (QED) is 0.804. The molecule has 0 amide bonds. The van der Waals surface area contributed by atoms with Crippen LogP contribution >= 0.6 is 11.6 Å². The lowest BCUT2D eigenvalue weighted by Crippen LogP contribution is -1.99. The first kappa shape index (κ1) is 12.7. The van der Waals surface area contributed by atoms with Crippen molar-refractivity contribution in [2.24, 2.45) is 0 Å². The van der Waals surface area contributed by atoms with Gasteiger partial charge in [-0.25, -0.2) is 4.98 Å². The van der Waals surface area contributed by atoms with Gasteiger partial charge in [0.25, 0.3) is 0 Å². The first-order chi connectivity index (χ1) is 9.65. The van der Waals surface area contributed by atoms with E-state index in [0.29, 0.717) is 5.02 Å². The summed E-state index contributed by atoms with van der Waals surface area (Å²) in [4.78, 5) is 15.3. The largest absolute Gasteiger partial charge is 0.481 e. The Bertz CT molecular complexity index is 781. The minimum absolute atomic E-state index is 0.0450. The van der Waals surface area contributed by atoms with Crippen LogP contribution in [0.15, 0.2) is 48.8 Å². The van der Waals surface area contributed by atoms with Crippen LogP contribution in [0.4, 0.5) is 0 Å². The Labute approximate surface area is 120 Å². The molecule has 0 aliphatic carbocycles. The van der Waals surface area contributed by atoms with Crippen molar-refractivity contribution in [1.29, 1.82) is 0 Å². The van der Waals surface area contributed by atoms with Gasteiger partial charge in [-0.2, -0.15) is 0 Å². The minimum atomic E-state index is -0.870. The molecule has 3 rings (SSSR count). The Morgan fingerprint density at radius 3 is 2.85 bits per heavy atom. The average Bonchev–Trinajstić information content (AvgIpc) is 2.77. The molecule has 2 aromatic heterocycles. The zero-order valence-electron chi connectivity index (χ0n) is 10.5. The van der Waals surface area contributed by atoms with Crippen molar-refractivity contribution in [2.45, 2.75) is 6.42 Å². The van der Waals surface area contributed by atoms with Gasteiger partial charge in [-0.3, -0.25) is 4.79 Å². The van der Waals surface area contributed by atoms with Gasteiger partial charge >= 0.3 is 5.97 Å². The number of hydrogen-bond acceptors (Lipinski definition) is 2. The summed E-state index contributed by atoms with van der Waals surface area (Å²) in [5, 5.41) is 10.4. The van der Waals surface area contributed by atoms with Crippen LogP contribution in [0.5, 0.6) is 0 Å². The van der Waals surface area contributed by atoms with E-state index in [9.17, 15) is 4.79 Å². The monoisotopic (exact) mass is 286 g/mol. The van der Waals surface area contributed by atoms with Crippen molar-refractivity contribution >= 4 is 28.5 Å². The van der Waals surface area contributed by atoms with E-state index in [1.807, 2.05) is 28.8 Å². The van der Waals surface area contributed by atoms with Gasteiger partial charge in [0.05, 0.1) is 11.9 Å². The second kappa shape index (κ2) is 4.98. The molecule has 0 aliphatic rings. The molecule has 2 heterocycles. The molecule has 0 aliphatic heterocycles. The van der Waals surface area contributed by atoms with Crippen LogP contribution in [0.2, 0.25) is 5.02 Å². The molecule has 1 N–H and O–H groups in total. The molecule has 0 fully saturated rings. The lowest BCUT2D eigenvalue weighted by molar-refractivity contribution is -0.136. The average molecular weight is 287 g/mol. The van der Waals surface area contributed by atoms with Crippen molar-refractivity contribution < 1.29 is 9.90 Å². The summed E-state index contributed by atoms with van der Waals surface area (Å²) in [7, 11) is 0. The maximum absolute atomic E-state index is 11.0. The van der Waals surface area contributed by atoms with Crippen molar-refractivity contribution in [1.82, 2.24) is 9.55 Å². The van der Waals surface area contributed by atoms with Crippen LogP contribution in [0.3, 0.4) is 0 Å². The number of carbonyl (C=O) groups is 1. The van der Waals surface area contributed by atoms with E-state index in [4.69, 9.17) is 16.7 Å². The highest BCUT2D eigenvalue weighted by molar-refractivity contribution is 6.31. The van der Waals surface area contributed by atoms with Crippen LogP contribution in [-0.2, 0) is 11.2 Å². The summed E-state index contributed by atoms with van der Waals surface area (Å²) in [6, 6.07) is 11.0. The Hall–Kier alpha value is -2.33. The van der Waals surface area contributed by atoms with Crippen LogP contribution in [-0.4, -0.2) is 20.6 Å². The molecule has 0 saturated heterocycles. The maximum atomic E-state index is 11.0. The summed E-state index contributed by atoms with van der Waals surface area (Å²) < 4.78 is 1.88. The summed E-state index contributed by atoms with van der Waals surface area (Å²) in [5.41, 5.74) is 1.62. The Balaban J connectivity index is 2.25. The number of fused-ring (bicyclic) bond motifs is 1. The molecule has 0 radical (unpaired) electrons. The van der Waals surface area contributed by atoms with Crippen molar-refractivity contribution in [3.63, 3.8) is 0 Å². The van der Waals surface area contributed by atoms with Crippen molar-refractivity contribution in [2.75, 3.05) is 0 Å². The predicted molar refractivity (Wildman–Crippen MR) is 77.4 cm³/mol. The second-order valence-corrected chi connectivity index (χ2v) is 4.88. The van der Waals surface area contributed by atoms with Crippen LogP contribution < -0.4 is 0 Å². The van der Waals surface area contributed by atoms with Crippen molar-refractivity contribution in [3.8, 4) is 5.82 Å². The smallest absolute Gasteiger partial charge is 0.307 e. The van der Waals surface area contributed by atoms with Gasteiger partial charge in [-0.05, 0) is 35.9 Å². The zero-order valence-corrected chi connectivity index (χ0v) is 11.2. The number of rotatable bonds is 3. The molecule has 0 spiro atoms. The second-order valence-electron chi connectivity index (χ2n) is 4.44. The van der Waals surface area contributed by atoms with Crippen molar-refractivity contribution in [3.05, 3.63) is 59.4 Å². The summed E-state index contributed by atoms with van der Waals surface area (Å²) in [6.45, 7) is 0. The van der Waals surface area contributed by atoms with Gasteiger partial charge in [0.15, 0.2) is 0 Å². The molecule has 0 bridgehead atoms. The van der Waals surface area contributed by atoms with Gasteiger partial charge in [0.1, 0.15) is 5.82 Å². The Morgan fingerprint density at radius 1 is 1.30 bits per heavy atom. The summed E-state index contributed by atoms with van der Waals surface area (Å²) in [6.07, 6.45) is 3.46. The highest BCUT2D eigenvalue weighted by Crippen LogP contribution is 2.27. The number of pyridine rings is 1. The molecular weight excluding hydrogens is 276 g/mol. The number of aliphatic carboxylic acids is 1. The fourth-order valence-electron chi connectivity index (χ4n) is 2.26. The molecule has 0 unspecified atom stereocenters. The molecule has 0 atom stereocenters. The first-order valence-corrected chi connectivity index (χ1v) is 6.45. The minimum Gasteiger partial charge on any atom is -0.481 e. The lowest BCUT2D eigenvalue weighted by atomic mass is 10.1. The van der Waals surface area contributed by atoms with E-state index in [1.165, 1.54) is 0 Å². The molecule has 4 nitrogen and oxygen atoms in total. The van der Waals surface area contributed by atoms with Gasteiger partial charge in [-0.15, -0.1) is 0 Å². The van der Waals surface area contributed by atoms with Gasteiger partial charge in [-0.1, -0.05) is 17.7 Å². The normalized spacial score (nSPS) is 10.8. The van der Waals surface area contributed by atoms with E-state index >= 15 is 0 Å². The number of halogens is 1. The predicted octanol–water partition coefficient (Wildman–Crippen LogP) is 3.31. The van der Waals surface area contributed by atoms with E-state index in [-0.39, 0.29) is 6.42 Å². The molecular formula is C15H11ClN2O2. The standard InChI is InChI=1S/C15H11ClN2O2/c16-11-4-5-13-12(8-11)10(7-15(19)20)9-18(13)14-3-1-2-6-17-14/h1-6,8-9H,7H2,(H,19,20).